The number of guanidine groups is 1. The highest BCUT2D eigenvalue weighted by Gasteiger charge is 2.25. The largest absolute Gasteiger partial charge is 0.497 e. The minimum atomic E-state index is -4.09. The first-order chi connectivity index (χ1) is 11.9. The van der Waals surface area contributed by atoms with Crippen LogP contribution in [0.25, 0.3) is 0 Å². The van der Waals surface area contributed by atoms with Crippen LogP contribution >= 0.6 is 0 Å². The fraction of sp³-hybridized carbons (Fsp3) is 0.588. The van der Waals surface area contributed by atoms with E-state index in [1.807, 2.05) is 36.2 Å². The fourth-order valence-electron chi connectivity index (χ4n) is 2.11. The van der Waals surface area contributed by atoms with E-state index in [1.165, 1.54) is 0 Å². The highest BCUT2D eigenvalue weighted by Crippen LogP contribution is 2.21. The van der Waals surface area contributed by atoms with Crippen LogP contribution < -0.4 is 14.8 Å². The van der Waals surface area contributed by atoms with Crippen molar-refractivity contribution >= 4 is 5.96 Å². The van der Waals surface area contributed by atoms with E-state index in [0.717, 1.165) is 11.5 Å². The number of alkyl halides is 3. The lowest BCUT2D eigenvalue weighted by Gasteiger charge is -2.22. The lowest BCUT2D eigenvalue weighted by atomic mass is 10.2. The van der Waals surface area contributed by atoms with Gasteiger partial charge in [0.25, 0.3) is 0 Å². The SMILES string of the molecule is CN=C(NCCCCC(F)(F)F)N(C)CCOc1ccc(OC)cc1. The van der Waals surface area contributed by atoms with Crippen molar-refractivity contribution in [3.05, 3.63) is 24.3 Å². The van der Waals surface area contributed by atoms with E-state index in [9.17, 15) is 13.2 Å². The summed E-state index contributed by atoms with van der Waals surface area (Å²) in [5, 5.41) is 3.06. The van der Waals surface area contributed by atoms with Crippen LogP contribution in [0, 0.1) is 0 Å². The Kier molecular flexibility index (Phi) is 8.94. The Balaban J connectivity index is 2.25. The molecule has 0 aromatic heterocycles. The zero-order chi connectivity index (χ0) is 18.7. The molecule has 0 amide bonds. The number of likely N-dealkylation sites (N-methyl/N-ethyl adjacent to an activating group) is 1. The zero-order valence-corrected chi connectivity index (χ0v) is 14.9. The molecule has 0 saturated heterocycles. The minimum Gasteiger partial charge on any atom is -0.497 e. The number of nitrogens with one attached hydrogen (secondary N) is 1. The number of ether oxygens (including phenoxy) is 2. The Hall–Kier alpha value is -2.12. The minimum absolute atomic E-state index is 0.109. The normalized spacial score (nSPS) is 12.0. The first-order valence-corrected chi connectivity index (χ1v) is 8.11. The molecule has 1 aromatic carbocycles. The predicted octanol–water partition coefficient (Wildman–Crippen LogP) is 3.31. The van der Waals surface area contributed by atoms with E-state index in [0.29, 0.717) is 32.1 Å². The number of unbranched alkanes of at least 4 members (excludes halogenated alkanes) is 1. The van der Waals surface area contributed by atoms with E-state index in [1.54, 1.807) is 14.2 Å². The fourth-order valence-corrected chi connectivity index (χ4v) is 2.11. The van der Waals surface area contributed by atoms with Crippen molar-refractivity contribution in [2.24, 2.45) is 4.99 Å². The molecule has 8 heteroatoms. The molecule has 0 atom stereocenters. The number of benzene rings is 1. The number of nitrogens with zero attached hydrogens (tertiary/aromatic N) is 2. The predicted molar refractivity (Wildman–Crippen MR) is 92.4 cm³/mol. The van der Waals surface area contributed by atoms with Crippen LogP contribution in [-0.4, -0.2) is 57.9 Å². The van der Waals surface area contributed by atoms with Crippen LogP contribution in [0.3, 0.4) is 0 Å². The van der Waals surface area contributed by atoms with Crippen LogP contribution in [-0.2, 0) is 0 Å². The van der Waals surface area contributed by atoms with Crippen molar-refractivity contribution in [1.82, 2.24) is 10.2 Å². The molecule has 0 fully saturated rings. The summed E-state index contributed by atoms with van der Waals surface area (Å²) in [5.74, 6) is 2.13. The van der Waals surface area contributed by atoms with E-state index in [2.05, 4.69) is 10.3 Å². The van der Waals surface area contributed by atoms with Crippen LogP contribution in [0.4, 0.5) is 13.2 Å². The molecular formula is C17H26F3N3O2. The average Bonchev–Trinajstić information content (AvgIpc) is 2.57. The Labute approximate surface area is 146 Å². The van der Waals surface area contributed by atoms with Crippen molar-refractivity contribution in [2.45, 2.75) is 25.4 Å². The second-order valence-corrected chi connectivity index (χ2v) is 5.49. The summed E-state index contributed by atoms with van der Waals surface area (Å²) < 4.78 is 47.0. The molecule has 142 valence electrons. The van der Waals surface area contributed by atoms with Gasteiger partial charge in [-0.1, -0.05) is 0 Å². The van der Waals surface area contributed by atoms with Gasteiger partial charge in [0.15, 0.2) is 5.96 Å². The number of hydrogen-bond acceptors (Lipinski definition) is 3. The summed E-state index contributed by atoms with van der Waals surface area (Å²) in [4.78, 5) is 5.99. The van der Waals surface area contributed by atoms with Crippen molar-refractivity contribution in [3.8, 4) is 11.5 Å². The molecule has 5 nitrogen and oxygen atoms in total. The molecular weight excluding hydrogens is 335 g/mol. The monoisotopic (exact) mass is 361 g/mol. The van der Waals surface area contributed by atoms with Crippen LogP contribution in [0.5, 0.6) is 11.5 Å². The van der Waals surface area contributed by atoms with Crippen LogP contribution in [0.1, 0.15) is 19.3 Å². The highest BCUT2D eigenvalue weighted by molar-refractivity contribution is 5.79. The molecule has 0 unspecified atom stereocenters. The standard InChI is InChI=1S/C17H26F3N3O2/c1-21-16(22-11-5-4-10-17(18,19)20)23(2)12-13-25-15-8-6-14(24-3)7-9-15/h6-9H,4-5,10-13H2,1-3H3,(H,21,22). The Bertz CT molecular complexity index is 519. The molecule has 1 aromatic rings. The van der Waals surface area contributed by atoms with Gasteiger partial charge in [-0.15, -0.1) is 0 Å². The smallest absolute Gasteiger partial charge is 0.389 e. The van der Waals surface area contributed by atoms with Crippen LogP contribution in [0.2, 0.25) is 0 Å². The van der Waals surface area contributed by atoms with Gasteiger partial charge in [0.2, 0.25) is 0 Å². The molecule has 0 aliphatic rings. The molecule has 0 aliphatic heterocycles. The molecule has 25 heavy (non-hydrogen) atoms. The van der Waals surface area contributed by atoms with Gasteiger partial charge in [-0.05, 0) is 37.1 Å². The van der Waals surface area contributed by atoms with E-state index in [-0.39, 0.29) is 6.42 Å². The molecule has 0 aliphatic carbocycles. The first-order valence-electron chi connectivity index (χ1n) is 8.11. The van der Waals surface area contributed by atoms with Gasteiger partial charge in [-0.3, -0.25) is 4.99 Å². The molecule has 1 N–H and O–H groups in total. The summed E-state index contributed by atoms with van der Waals surface area (Å²) in [6.45, 7) is 1.50. The summed E-state index contributed by atoms with van der Waals surface area (Å²) in [5.41, 5.74) is 0. The van der Waals surface area contributed by atoms with Crippen LogP contribution in [0.15, 0.2) is 29.3 Å². The summed E-state index contributed by atoms with van der Waals surface area (Å²) in [6, 6.07) is 7.29. The van der Waals surface area contributed by atoms with Gasteiger partial charge >= 0.3 is 6.18 Å². The van der Waals surface area contributed by atoms with Crippen molar-refractivity contribution < 1.29 is 22.6 Å². The van der Waals surface area contributed by atoms with Crippen molar-refractivity contribution in [2.75, 3.05) is 40.9 Å². The quantitative estimate of drug-likeness (QED) is 0.416. The Morgan fingerprint density at radius 2 is 1.80 bits per heavy atom. The summed E-state index contributed by atoms with van der Waals surface area (Å²) in [7, 11) is 5.09. The first kappa shape index (κ1) is 20.9. The van der Waals surface area contributed by atoms with Crippen molar-refractivity contribution in [3.63, 3.8) is 0 Å². The highest BCUT2D eigenvalue weighted by atomic mass is 19.4. The lowest BCUT2D eigenvalue weighted by molar-refractivity contribution is -0.135. The maximum absolute atomic E-state index is 12.1. The topological polar surface area (TPSA) is 46.1 Å². The Morgan fingerprint density at radius 1 is 1.16 bits per heavy atom. The van der Waals surface area contributed by atoms with E-state index in [4.69, 9.17) is 9.47 Å². The third kappa shape index (κ3) is 9.07. The maximum atomic E-state index is 12.1. The molecule has 0 heterocycles. The van der Waals surface area contributed by atoms with Gasteiger partial charge < -0.3 is 19.7 Å². The van der Waals surface area contributed by atoms with E-state index < -0.39 is 12.6 Å². The van der Waals surface area contributed by atoms with Gasteiger partial charge in [0.1, 0.15) is 18.1 Å². The van der Waals surface area contributed by atoms with Gasteiger partial charge in [0.05, 0.1) is 13.7 Å². The van der Waals surface area contributed by atoms with Gasteiger partial charge in [-0.2, -0.15) is 13.2 Å². The molecule has 0 radical (unpaired) electrons. The third-order valence-corrected chi connectivity index (χ3v) is 3.50. The average molecular weight is 361 g/mol. The number of aliphatic imine (C=N–C) groups is 1. The summed E-state index contributed by atoms with van der Waals surface area (Å²) >= 11 is 0. The van der Waals surface area contributed by atoms with E-state index >= 15 is 0 Å². The van der Waals surface area contributed by atoms with Gasteiger partial charge in [0, 0.05) is 27.1 Å². The number of halogens is 3. The Morgan fingerprint density at radius 3 is 2.36 bits per heavy atom. The number of hydrogen-bond donors (Lipinski definition) is 1. The molecule has 0 spiro atoms. The second kappa shape index (κ2) is 10.7. The molecule has 0 saturated carbocycles. The van der Waals surface area contributed by atoms with Gasteiger partial charge in [-0.25, -0.2) is 0 Å². The third-order valence-electron chi connectivity index (χ3n) is 3.50. The lowest BCUT2D eigenvalue weighted by Crippen LogP contribution is -2.41. The number of rotatable bonds is 9. The second-order valence-electron chi connectivity index (χ2n) is 5.49. The number of methoxy groups -OCH3 is 1. The zero-order valence-electron chi connectivity index (χ0n) is 14.9. The molecule has 1 rings (SSSR count). The van der Waals surface area contributed by atoms with Crippen molar-refractivity contribution in [1.29, 1.82) is 0 Å². The molecule has 0 bridgehead atoms. The summed E-state index contributed by atoms with van der Waals surface area (Å²) in [6.07, 6.45) is -4.29. The maximum Gasteiger partial charge on any atom is 0.389 e.